The summed E-state index contributed by atoms with van der Waals surface area (Å²) < 4.78 is 6.03. The molecule has 2 N–H and O–H groups in total. The number of nitrogens with one attached hydrogen (secondary N) is 2. The quantitative estimate of drug-likeness (QED) is 0.595. The van der Waals surface area contributed by atoms with Gasteiger partial charge in [-0.3, -0.25) is 0 Å². The van der Waals surface area contributed by atoms with Crippen molar-refractivity contribution < 1.29 is 4.65 Å². The van der Waals surface area contributed by atoms with Crippen LogP contribution in [0.1, 0.15) is 45.9 Å². The van der Waals surface area contributed by atoms with E-state index in [1.165, 1.54) is 0 Å². The lowest BCUT2D eigenvalue weighted by molar-refractivity contribution is 0.0841. The van der Waals surface area contributed by atoms with Crippen LogP contribution in [0.25, 0.3) is 11.3 Å². The van der Waals surface area contributed by atoms with E-state index in [9.17, 15) is 0 Å². The van der Waals surface area contributed by atoms with Gasteiger partial charge in [0.1, 0.15) is 0 Å². The van der Waals surface area contributed by atoms with Crippen LogP contribution in [-0.2, 0) is 4.65 Å². The molecule has 3 unspecified atom stereocenters. The maximum Gasteiger partial charge on any atom is 0.330 e. The van der Waals surface area contributed by atoms with Crippen molar-refractivity contribution in [2.45, 2.75) is 50.9 Å². The molecule has 6 heteroatoms. The minimum atomic E-state index is -0.278. The minimum Gasteiger partial charge on any atom is -0.429 e. The van der Waals surface area contributed by atoms with Gasteiger partial charge in [-0.2, -0.15) is 5.26 Å². The second-order valence-corrected chi connectivity index (χ2v) is 9.88. The van der Waals surface area contributed by atoms with E-state index >= 15 is 0 Å². The van der Waals surface area contributed by atoms with E-state index in [0.29, 0.717) is 0 Å². The molecule has 1 saturated heterocycles. The second kappa shape index (κ2) is 7.80. The summed E-state index contributed by atoms with van der Waals surface area (Å²) in [7, 11) is 4.68. The van der Waals surface area contributed by atoms with Crippen molar-refractivity contribution in [3.05, 3.63) is 42.1 Å². The molecule has 1 aliphatic rings. The Morgan fingerprint density at radius 2 is 1.85 bits per heavy atom. The first-order valence-corrected chi connectivity index (χ1v) is 9.99. The minimum absolute atomic E-state index is 0.0249. The first-order chi connectivity index (χ1) is 12.7. The fourth-order valence-electron chi connectivity index (χ4n) is 2.96. The molecule has 4 nitrogen and oxygen atoms in total. The summed E-state index contributed by atoms with van der Waals surface area (Å²) in [6, 6.07) is 15.1. The first-order valence-electron chi connectivity index (χ1n) is 9.42. The zero-order valence-electron chi connectivity index (χ0n) is 16.5. The Hall–Kier alpha value is -1.60. The Morgan fingerprint density at radius 1 is 1.15 bits per heavy atom. The standard InChI is InChI=1S/C21H28BN3OP/c1-20(2,21(3,4)27)26-22-16-7-5-15(6-8-16)17-9-10-18(25-17)19-11-14(12-23)13-24-19/h5-10,14,19,24-25H,11,13,27H2,1-4H3. The maximum atomic E-state index is 9.06. The van der Waals surface area contributed by atoms with E-state index in [-0.39, 0.29) is 22.7 Å². The van der Waals surface area contributed by atoms with Crippen molar-refractivity contribution >= 4 is 22.2 Å². The SMILES string of the molecule is CC(C)(P)C(C)(C)O[B]c1ccc(-c2ccc(C3CC(C#N)CN3)[nH]2)cc1. The summed E-state index contributed by atoms with van der Waals surface area (Å²) in [6.45, 7) is 9.26. The van der Waals surface area contributed by atoms with Gasteiger partial charge in [-0.15, -0.1) is 9.24 Å². The molecule has 0 amide bonds. The highest BCUT2D eigenvalue weighted by atomic mass is 31.0. The van der Waals surface area contributed by atoms with Gasteiger partial charge in [0.05, 0.1) is 17.6 Å². The van der Waals surface area contributed by atoms with Crippen molar-refractivity contribution in [3.8, 4) is 17.3 Å². The molecule has 1 aromatic carbocycles. The molecule has 141 valence electrons. The van der Waals surface area contributed by atoms with Gasteiger partial charge in [0.25, 0.3) is 0 Å². The van der Waals surface area contributed by atoms with Crippen LogP contribution >= 0.6 is 9.24 Å². The Labute approximate surface area is 165 Å². The highest BCUT2D eigenvalue weighted by Crippen LogP contribution is 2.33. The highest BCUT2D eigenvalue weighted by Gasteiger charge is 2.33. The lowest BCUT2D eigenvalue weighted by Gasteiger charge is -2.39. The molecular formula is C21H28BN3OP. The molecule has 1 radical (unpaired) electrons. The number of nitrogens with zero attached hydrogens (tertiary/aromatic N) is 1. The number of rotatable bonds is 6. The summed E-state index contributed by atoms with van der Waals surface area (Å²) >= 11 is 0. The lowest BCUT2D eigenvalue weighted by Crippen LogP contribution is -2.45. The van der Waals surface area contributed by atoms with Crippen molar-refractivity contribution in [1.82, 2.24) is 10.3 Å². The number of aromatic amines is 1. The number of nitriles is 1. The molecule has 1 fully saturated rings. The van der Waals surface area contributed by atoms with E-state index < -0.39 is 0 Å². The summed E-state index contributed by atoms with van der Waals surface area (Å²) in [4.78, 5) is 3.50. The van der Waals surface area contributed by atoms with Crippen molar-refractivity contribution in [3.63, 3.8) is 0 Å². The predicted molar refractivity (Wildman–Crippen MR) is 115 cm³/mol. The van der Waals surface area contributed by atoms with Crippen LogP contribution in [0.5, 0.6) is 0 Å². The Bertz CT molecular complexity index is 817. The van der Waals surface area contributed by atoms with Crippen LogP contribution < -0.4 is 10.8 Å². The monoisotopic (exact) mass is 380 g/mol. The molecule has 0 saturated carbocycles. The van der Waals surface area contributed by atoms with Crippen LogP contribution in [0.2, 0.25) is 0 Å². The van der Waals surface area contributed by atoms with Crippen LogP contribution in [0.3, 0.4) is 0 Å². The average Bonchev–Trinajstić information content (AvgIpc) is 3.28. The molecule has 3 rings (SSSR count). The van der Waals surface area contributed by atoms with Gasteiger partial charge >= 0.3 is 7.48 Å². The van der Waals surface area contributed by atoms with Gasteiger partial charge in [0.15, 0.2) is 0 Å². The molecule has 2 aromatic rings. The van der Waals surface area contributed by atoms with Crippen LogP contribution in [0.4, 0.5) is 0 Å². The predicted octanol–water partition coefficient (Wildman–Crippen LogP) is 3.55. The molecule has 3 atom stereocenters. The van der Waals surface area contributed by atoms with Gasteiger partial charge in [0.2, 0.25) is 0 Å². The topological polar surface area (TPSA) is 60.8 Å². The van der Waals surface area contributed by atoms with E-state index in [0.717, 1.165) is 35.4 Å². The second-order valence-electron chi connectivity index (χ2n) is 8.44. The zero-order chi connectivity index (χ0) is 19.7. The number of benzene rings is 1. The molecule has 1 aliphatic heterocycles. The largest absolute Gasteiger partial charge is 0.429 e. The van der Waals surface area contributed by atoms with Crippen molar-refractivity contribution in [1.29, 1.82) is 5.26 Å². The van der Waals surface area contributed by atoms with E-state index in [1.807, 2.05) is 7.48 Å². The Kier molecular flexibility index (Phi) is 5.82. The molecule has 0 bridgehead atoms. The lowest BCUT2D eigenvalue weighted by atomic mass is 9.83. The van der Waals surface area contributed by atoms with Crippen LogP contribution in [0.15, 0.2) is 36.4 Å². The first kappa shape index (κ1) is 20.1. The Balaban J connectivity index is 1.64. The van der Waals surface area contributed by atoms with Gasteiger partial charge in [-0.1, -0.05) is 43.6 Å². The van der Waals surface area contributed by atoms with E-state index in [4.69, 9.17) is 9.92 Å². The summed E-state index contributed by atoms with van der Waals surface area (Å²) in [5, 5.41) is 12.5. The number of hydrogen-bond acceptors (Lipinski definition) is 3. The number of H-pyrrole nitrogens is 1. The molecule has 0 spiro atoms. The maximum absolute atomic E-state index is 9.06. The third kappa shape index (κ3) is 4.64. The summed E-state index contributed by atoms with van der Waals surface area (Å²) in [5.74, 6) is 0.104. The van der Waals surface area contributed by atoms with Crippen molar-refractivity contribution in [2.24, 2.45) is 5.92 Å². The van der Waals surface area contributed by atoms with E-state index in [1.54, 1.807) is 0 Å². The summed E-state index contributed by atoms with van der Waals surface area (Å²) in [5.41, 5.74) is 4.14. The van der Waals surface area contributed by atoms with Crippen LogP contribution in [0, 0.1) is 17.2 Å². The smallest absolute Gasteiger partial charge is 0.330 e. The van der Waals surface area contributed by atoms with E-state index in [2.05, 4.69) is 89.7 Å². The molecule has 1 aromatic heterocycles. The van der Waals surface area contributed by atoms with Gasteiger partial charge in [0, 0.05) is 29.1 Å². The zero-order valence-corrected chi connectivity index (χ0v) is 17.7. The number of aromatic nitrogens is 1. The van der Waals surface area contributed by atoms with Gasteiger partial charge in [-0.25, -0.2) is 0 Å². The third-order valence-electron chi connectivity index (χ3n) is 5.66. The molecule has 27 heavy (non-hydrogen) atoms. The fourth-order valence-corrected chi connectivity index (χ4v) is 3.03. The molecular weight excluding hydrogens is 352 g/mol. The van der Waals surface area contributed by atoms with Gasteiger partial charge in [-0.05, 0) is 38.0 Å². The summed E-state index contributed by atoms with van der Waals surface area (Å²) in [6.07, 6.45) is 0.865. The molecule has 2 heterocycles. The van der Waals surface area contributed by atoms with Gasteiger partial charge < -0.3 is 15.0 Å². The third-order valence-corrected chi connectivity index (χ3v) is 6.36. The van der Waals surface area contributed by atoms with Crippen LogP contribution in [-0.4, -0.2) is 29.8 Å². The van der Waals surface area contributed by atoms with Crippen molar-refractivity contribution in [2.75, 3.05) is 6.54 Å². The molecule has 0 aliphatic carbocycles. The fraction of sp³-hybridized carbons (Fsp3) is 0.476. The average molecular weight is 380 g/mol. The Morgan fingerprint density at radius 3 is 2.44 bits per heavy atom. The number of hydrogen-bond donors (Lipinski definition) is 2. The highest BCUT2D eigenvalue weighted by molar-refractivity contribution is 7.19. The normalized spacial score (nSPS) is 20.4.